The Morgan fingerprint density at radius 2 is 2.43 bits per heavy atom. The van der Waals surface area contributed by atoms with Crippen LogP contribution in [-0.2, 0) is 11.3 Å². The zero-order valence-corrected chi connectivity index (χ0v) is 7.65. The van der Waals surface area contributed by atoms with Crippen LogP contribution in [-0.4, -0.2) is 11.2 Å². The highest BCUT2D eigenvalue weighted by Crippen LogP contribution is 2.19. The van der Waals surface area contributed by atoms with E-state index in [4.69, 9.17) is 4.52 Å². The molecule has 0 fully saturated rings. The zero-order valence-electron chi connectivity index (χ0n) is 7.65. The molecule has 0 saturated carbocycles. The summed E-state index contributed by atoms with van der Waals surface area (Å²) >= 11 is 0. The Morgan fingerprint density at radius 3 is 3.21 bits per heavy atom. The van der Waals surface area contributed by atoms with Crippen molar-refractivity contribution in [3.8, 4) is 0 Å². The lowest BCUT2D eigenvalue weighted by atomic mass is 10.1. The van der Waals surface area contributed by atoms with Gasteiger partial charge in [0.2, 0.25) is 6.08 Å². The molecule has 70 valence electrons. The Labute approximate surface area is 80.2 Å². The van der Waals surface area contributed by atoms with Gasteiger partial charge in [0.25, 0.3) is 0 Å². The molecule has 0 saturated heterocycles. The van der Waals surface area contributed by atoms with Crippen LogP contribution in [0.4, 0.5) is 0 Å². The molecule has 0 atom stereocenters. The predicted molar refractivity (Wildman–Crippen MR) is 50.6 cm³/mol. The summed E-state index contributed by atoms with van der Waals surface area (Å²) in [5, 5.41) is 4.82. The van der Waals surface area contributed by atoms with Crippen molar-refractivity contribution in [2.75, 3.05) is 0 Å². The molecule has 1 heterocycles. The van der Waals surface area contributed by atoms with Crippen LogP contribution >= 0.6 is 0 Å². The first-order chi connectivity index (χ1) is 6.81. The van der Waals surface area contributed by atoms with E-state index < -0.39 is 0 Å². The van der Waals surface area contributed by atoms with Gasteiger partial charge in [-0.2, -0.15) is 0 Å². The lowest BCUT2D eigenvalue weighted by Crippen LogP contribution is -1.80. The van der Waals surface area contributed by atoms with Crippen molar-refractivity contribution in [1.82, 2.24) is 5.16 Å². The van der Waals surface area contributed by atoms with E-state index in [1.165, 1.54) is 6.08 Å². The third-order valence-corrected chi connectivity index (χ3v) is 2.04. The van der Waals surface area contributed by atoms with E-state index in [1.807, 2.05) is 25.1 Å². The normalized spacial score (nSPS) is 10.1. The van der Waals surface area contributed by atoms with E-state index in [9.17, 15) is 4.79 Å². The van der Waals surface area contributed by atoms with Crippen LogP contribution in [0.5, 0.6) is 0 Å². The van der Waals surface area contributed by atoms with Gasteiger partial charge in [0.05, 0.1) is 12.2 Å². The quantitative estimate of drug-likeness (QED) is 0.534. The molecular weight excluding hydrogens is 180 g/mol. The largest absolute Gasteiger partial charge is 0.356 e. The molecular formula is C10H8N2O2. The number of rotatable bonds is 2. The van der Waals surface area contributed by atoms with Crippen molar-refractivity contribution in [3.05, 3.63) is 29.5 Å². The number of fused-ring (bicyclic) bond motifs is 1. The minimum absolute atomic E-state index is 0.333. The van der Waals surface area contributed by atoms with Crippen molar-refractivity contribution in [2.24, 2.45) is 4.99 Å². The number of hydrogen-bond acceptors (Lipinski definition) is 4. The van der Waals surface area contributed by atoms with Crippen molar-refractivity contribution >= 4 is 17.0 Å². The number of nitrogens with zero attached hydrogens (tertiary/aromatic N) is 2. The van der Waals surface area contributed by atoms with E-state index in [0.717, 1.165) is 22.2 Å². The van der Waals surface area contributed by atoms with Gasteiger partial charge in [0.1, 0.15) is 0 Å². The second-order valence-electron chi connectivity index (χ2n) is 3.01. The second kappa shape index (κ2) is 3.44. The number of carbonyl (C=O) groups excluding carboxylic acids is 1. The molecule has 0 bridgehead atoms. The molecule has 0 radical (unpaired) electrons. The molecule has 14 heavy (non-hydrogen) atoms. The highest BCUT2D eigenvalue weighted by atomic mass is 16.5. The van der Waals surface area contributed by atoms with E-state index in [-0.39, 0.29) is 0 Å². The molecule has 0 amide bonds. The Kier molecular flexibility index (Phi) is 2.13. The second-order valence-corrected chi connectivity index (χ2v) is 3.01. The average Bonchev–Trinajstić information content (AvgIpc) is 2.57. The number of benzene rings is 1. The van der Waals surface area contributed by atoms with Crippen molar-refractivity contribution in [2.45, 2.75) is 13.5 Å². The fourth-order valence-electron chi connectivity index (χ4n) is 1.33. The van der Waals surface area contributed by atoms with Gasteiger partial charge in [0.15, 0.2) is 5.58 Å². The van der Waals surface area contributed by atoms with Crippen LogP contribution in [0.1, 0.15) is 11.3 Å². The molecule has 4 heteroatoms. The van der Waals surface area contributed by atoms with Crippen LogP contribution in [0, 0.1) is 6.92 Å². The molecule has 2 rings (SSSR count). The number of aryl methyl sites for hydroxylation is 1. The summed E-state index contributed by atoms with van der Waals surface area (Å²) in [6.07, 6.45) is 1.50. The first-order valence-corrected chi connectivity index (χ1v) is 4.20. The van der Waals surface area contributed by atoms with Crippen LogP contribution < -0.4 is 0 Å². The maximum atomic E-state index is 9.92. The molecule has 0 unspecified atom stereocenters. The highest BCUT2D eigenvalue weighted by Gasteiger charge is 2.03. The van der Waals surface area contributed by atoms with E-state index in [1.54, 1.807) is 0 Å². The van der Waals surface area contributed by atoms with Crippen LogP contribution in [0.25, 0.3) is 11.0 Å². The first-order valence-electron chi connectivity index (χ1n) is 4.20. The maximum absolute atomic E-state index is 9.92. The summed E-state index contributed by atoms with van der Waals surface area (Å²) in [4.78, 5) is 13.4. The maximum Gasteiger partial charge on any atom is 0.235 e. The molecule has 0 spiro atoms. The molecule has 1 aromatic heterocycles. The summed E-state index contributed by atoms with van der Waals surface area (Å²) < 4.78 is 5.08. The molecule has 1 aromatic carbocycles. The van der Waals surface area contributed by atoms with Gasteiger partial charge >= 0.3 is 0 Å². The predicted octanol–water partition coefficient (Wildman–Crippen LogP) is 1.97. The minimum atomic E-state index is 0.333. The standard InChI is InChI=1S/C10H8N2O2/c1-7-9-3-2-8(5-11-6-13)4-10(9)14-12-7/h2-4H,5H2,1H3. The highest BCUT2D eigenvalue weighted by molar-refractivity contribution is 5.79. The van der Waals surface area contributed by atoms with Gasteiger partial charge in [-0.3, -0.25) is 0 Å². The molecule has 4 nitrogen and oxygen atoms in total. The zero-order chi connectivity index (χ0) is 9.97. The fourth-order valence-corrected chi connectivity index (χ4v) is 1.33. The van der Waals surface area contributed by atoms with Crippen LogP contribution in [0.15, 0.2) is 27.7 Å². The van der Waals surface area contributed by atoms with Gasteiger partial charge in [0, 0.05) is 5.39 Å². The van der Waals surface area contributed by atoms with Gasteiger partial charge in [-0.25, -0.2) is 9.79 Å². The van der Waals surface area contributed by atoms with Crippen LogP contribution in [0.2, 0.25) is 0 Å². The lowest BCUT2D eigenvalue weighted by molar-refractivity contribution is 0.450. The fraction of sp³-hybridized carbons (Fsp3) is 0.200. The molecule has 0 N–H and O–H groups in total. The monoisotopic (exact) mass is 188 g/mol. The topological polar surface area (TPSA) is 55.5 Å². The summed E-state index contributed by atoms with van der Waals surface area (Å²) in [7, 11) is 0. The Balaban J connectivity index is 2.46. The Hall–Kier alpha value is -1.93. The summed E-state index contributed by atoms with van der Waals surface area (Å²) in [6, 6.07) is 5.64. The third-order valence-electron chi connectivity index (χ3n) is 2.04. The minimum Gasteiger partial charge on any atom is -0.356 e. The van der Waals surface area contributed by atoms with Gasteiger partial charge in [-0.1, -0.05) is 11.2 Å². The van der Waals surface area contributed by atoms with Crippen LogP contribution in [0.3, 0.4) is 0 Å². The van der Waals surface area contributed by atoms with Crippen molar-refractivity contribution in [1.29, 1.82) is 0 Å². The van der Waals surface area contributed by atoms with Gasteiger partial charge < -0.3 is 4.52 Å². The molecule has 0 aliphatic carbocycles. The number of hydrogen-bond donors (Lipinski definition) is 0. The molecule has 0 aliphatic heterocycles. The van der Waals surface area contributed by atoms with E-state index in [2.05, 4.69) is 10.1 Å². The number of isocyanates is 1. The smallest absolute Gasteiger partial charge is 0.235 e. The molecule has 2 aromatic rings. The van der Waals surface area contributed by atoms with E-state index >= 15 is 0 Å². The summed E-state index contributed by atoms with van der Waals surface area (Å²) in [5.74, 6) is 0. The third kappa shape index (κ3) is 1.43. The average molecular weight is 188 g/mol. The van der Waals surface area contributed by atoms with E-state index in [0.29, 0.717) is 6.54 Å². The van der Waals surface area contributed by atoms with Crippen molar-refractivity contribution in [3.63, 3.8) is 0 Å². The Bertz CT molecular complexity index is 510. The summed E-state index contributed by atoms with van der Waals surface area (Å²) in [5.41, 5.74) is 2.50. The molecule has 0 aliphatic rings. The Morgan fingerprint density at radius 1 is 1.57 bits per heavy atom. The summed E-state index contributed by atoms with van der Waals surface area (Å²) in [6.45, 7) is 2.22. The number of aromatic nitrogens is 1. The van der Waals surface area contributed by atoms with Gasteiger partial charge in [-0.05, 0) is 24.6 Å². The van der Waals surface area contributed by atoms with Crippen molar-refractivity contribution < 1.29 is 9.32 Å². The SMILES string of the molecule is Cc1noc2cc(CN=C=O)ccc12. The first kappa shape index (κ1) is 8.66. The lowest BCUT2D eigenvalue weighted by Gasteiger charge is -1.93. The number of aliphatic imine (C=N–C) groups is 1. The van der Waals surface area contributed by atoms with Gasteiger partial charge in [-0.15, -0.1) is 0 Å².